The summed E-state index contributed by atoms with van der Waals surface area (Å²) in [6.45, 7) is 6.64. The molecule has 3 N–H and O–H groups in total. The first kappa shape index (κ1) is 16.0. The number of amides is 1. The summed E-state index contributed by atoms with van der Waals surface area (Å²) in [6, 6.07) is 0. The van der Waals surface area contributed by atoms with E-state index < -0.39 is 5.97 Å². The molecule has 5 nitrogen and oxygen atoms in total. The second kappa shape index (κ2) is 6.37. The maximum atomic E-state index is 12.7. The Bertz CT molecular complexity index is 336. The Kier molecular flexibility index (Phi) is 5.35. The van der Waals surface area contributed by atoms with E-state index in [1.807, 2.05) is 20.8 Å². The molecule has 1 fully saturated rings. The third kappa shape index (κ3) is 4.20. The molecule has 0 aromatic heterocycles. The van der Waals surface area contributed by atoms with Gasteiger partial charge in [-0.3, -0.25) is 9.59 Å². The van der Waals surface area contributed by atoms with Gasteiger partial charge < -0.3 is 15.7 Å². The van der Waals surface area contributed by atoms with Gasteiger partial charge in [0.25, 0.3) is 0 Å². The van der Waals surface area contributed by atoms with Gasteiger partial charge in [0.2, 0.25) is 5.91 Å². The molecule has 1 aliphatic carbocycles. The van der Waals surface area contributed by atoms with Gasteiger partial charge in [0.15, 0.2) is 0 Å². The molecule has 1 saturated carbocycles. The molecule has 110 valence electrons. The molecule has 2 atom stereocenters. The lowest BCUT2D eigenvalue weighted by Crippen LogP contribution is -2.50. The molecule has 1 aliphatic rings. The van der Waals surface area contributed by atoms with Crippen LogP contribution in [0.4, 0.5) is 0 Å². The summed E-state index contributed by atoms with van der Waals surface area (Å²) in [4.78, 5) is 25.1. The van der Waals surface area contributed by atoms with E-state index in [9.17, 15) is 9.59 Å². The van der Waals surface area contributed by atoms with Gasteiger partial charge in [-0.15, -0.1) is 0 Å². The molecule has 0 spiro atoms. The Morgan fingerprint density at radius 1 is 1.32 bits per heavy atom. The summed E-state index contributed by atoms with van der Waals surface area (Å²) in [5.74, 6) is -0.578. The van der Waals surface area contributed by atoms with Crippen molar-refractivity contribution in [2.24, 2.45) is 17.6 Å². The van der Waals surface area contributed by atoms with Crippen LogP contribution >= 0.6 is 0 Å². The Morgan fingerprint density at radius 3 is 2.42 bits per heavy atom. The van der Waals surface area contributed by atoms with Gasteiger partial charge in [0.05, 0.1) is 6.42 Å². The van der Waals surface area contributed by atoms with Crippen LogP contribution in [0.2, 0.25) is 0 Å². The van der Waals surface area contributed by atoms with Crippen molar-refractivity contribution in [2.75, 3.05) is 13.1 Å². The Balaban J connectivity index is 2.79. The number of carboxylic acids is 1. The number of nitrogens with zero attached hydrogens (tertiary/aromatic N) is 1. The van der Waals surface area contributed by atoms with Crippen LogP contribution in [0.5, 0.6) is 0 Å². The molecule has 0 heterocycles. The van der Waals surface area contributed by atoms with Crippen molar-refractivity contribution >= 4 is 11.9 Å². The minimum absolute atomic E-state index is 0.0109. The second-order valence-electron chi connectivity index (χ2n) is 6.34. The maximum absolute atomic E-state index is 12.7. The Morgan fingerprint density at radius 2 is 1.95 bits per heavy atom. The molecule has 0 aromatic carbocycles. The second-order valence-corrected chi connectivity index (χ2v) is 6.34. The summed E-state index contributed by atoms with van der Waals surface area (Å²) in [5.41, 5.74) is 5.38. The van der Waals surface area contributed by atoms with Crippen LogP contribution < -0.4 is 5.73 Å². The van der Waals surface area contributed by atoms with Crippen molar-refractivity contribution < 1.29 is 14.7 Å². The molecule has 1 rings (SSSR count). The predicted molar refractivity (Wildman–Crippen MR) is 73.6 cm³/mol. The lowest BCUT2D eigenvalue weighted by atomic mass is 9.92. The fourth-order valence-electron chi connectivity index (χ4n) is 2.83. The number of carboxylic acid groups (broad SMARTS) is 1. The van der Waals surface area contributed by atoms with Crippen molar-refractivity contribution in [3.8, 4) is 0 Å². The van der Waals surface area contributed by atoms with Crippen molar-refractivity contribution in [1.82, 2.24) is 4.90 Å². The van der Waals surface area contributed by atoms with Gasteiger partial charge in [-0.1, -0.05) is 6.42 Å². The van der Waals surface area contributed by atoms with Crippen LogP contribution in [-0.2, 0) is 9.59 Å². The van der Waals surface area contributed by atoms with E-state index in [4.69, 9.17) is 10.8 Å². The molecule has 0 bridgehead atoms. The van der Waals surface area contributed by atoms with Crippen LogP contribution in [0.15, 0.2) is 0 Å². The molecule has 5 heteroatoms. The average molecular weight is 270 g/mol. The Hall–Kier alpha value is -1.10. The monoisotopic (exact) mass is 270 g/mol. The van der Waals surface area contributed by atoms with Crippen LogP contribution in [-0.4, -0.2) is 40.5 Å². The van der Waals surface area contributed by atoms with Crippen molar-refractivity contribution in [3.63, 3.8) is 0 Å². The van der Waals surface area contributed by atoms with E-state index in [1.54, 1.807) is 4.90 Å². The molecule has 0 aromatic rings. The zero-order chi connectivity index (χ0) is 14.6. The summed E-state index contributed by atoms with van der Waals surface area (Å²) < 4.78 is 0. The lowest BCUT2D eigenvalue weighted by molar-refractivity contribution is -0.144. The predicted octanol–water partition coefficient (Wildman–Crippen LogP) is 1.46. The van der Waals surface area contributed by atoms with Crippen molar-refractivity contribution in [1.29, 1.82) is 0 Å². The first-order valence-electron chi connectivity index (χ1n) is 7.00. The number of aliphatic carboxylic acids is 1. The summed E-state index contributed by atoms with van der Waals surface area (Å²) in [7, 11) is 0. The molecule has 1 amide bonds. The van der Waals surface area contributed by atoms with E-state index in [0.717, 1.165) is 19.3 Å². The number of hydrogen-bond donors (Lipinski definition) is 2. The van der Waals surface area contributed by atoms with E-state index in [-0.39, 0.29) is 36.2 Å². The van der Waals surface area contributed by atoms with E-state index in [2.05, 4.69) is 0 Å². The molecule has 2 unspecified atom stereocenters. The van der Waals surface area contributed by atoms with Crippen molar-refractivity contribution in [2.45, 2.75) is 52.0 Å². The minimum Gasteiger partial charge on any atom is -0.481 e. The van der Waals surface area contributed by atoms with Gasteiger partial charge in [0, 0.05) is 18.0 Å². The molecule has 19 heavy (non-hydrogen) atoms. The smallest absolute Gasteiger partial charge is 0.305 e. The first-order chi connectivity index (χ1) is 8.77. The van der Waals surface area contributed by atoms with E-state index in [1.165, 1.54) is 0 Å². The minimum atomic E-state index is -0.871. The topological polar surface area (TPSA) is 83.6 Å². The third-order valence-corrected chi connectivity index (χ3v) is 3.90. The van der Waals surface area contributed by atoms with Crippen LogP contribution in [0.1, 0.15) is 46.5 Å². The number of hydrogen-bond acceptors (Lipinski definition) is 3. The van der Waals surface area contributed by atoms with Crippen LogP contribution in [0.3, 0.4) is 0 Å². The first-order valence-corrected chi connectivity index (χ1v) is 7.00. The van der Waals surface area contributed by atoms with E-state index >= 15 is 0 Å². The maximum Gasteiger partial charge on any atom is 0.305 e. The summed E-state index contributed by atoms with van der Waals surface area (Å²) in [5, 5.41) is 8.82. The van der Waals surface area contributed by atoms with Gasteiger partial charge in [0.1, 0.15) is 0 Å². The summed E-state index contributed by atoms with van der Waals surface area (Å²) in [6.07, 6.45) is 2.91. The Labute approximate surface area is 115 Å². The quantitative estimate of drug-likeness (QED) is 0.792. The lowest BCUT2D eigenvalue weighted by Gasteiger charge is -2.38. The van der Waals surface area contributed by atoms with Gasteiger partial charge >= 0.3 is 5.97 Å². The number of carbonyl (C=O) groups is 2. The molecule has 0 radical (unpaired) electrons. The third-order valence-electron chi connectivity index (χ3n) is 3.90. The SMILES string of the molecule is CC(C)(C)N(CCC(=O)O)C(=O)C1CCCC1CN. The number of rotatable bonds is 5. The highest BCUT2D eigenvalue weighted by atomic mass is 16.4. The molecule has 0 saturated heterocycles. The standard InChI is InChI=1S/C14H26N2O3/c1-14(2,3)16(8-7-12(17)18)13(19)11-6-4-5-10(11)9-15/h10-11H,4-9,15H2,1-3H3,(H,17,18). The summed E-state index contributed by atoms with van der Waals surface area (Å²) >= 11 is 0. The largest absolute Gasteiger partial charge is 0.481 e. The normalized spacial score (nSPS) is 23.4. The van der Waals surface area contributed by atoms with Gasteiger partial charge in [-0.2, -0.15) is 0 Å². The van der Waals surface area contributed by atoms with Crippen LogP contribution in [0.25, 0.3) is 0 Å². The zero-order valence-electron chi connectivity index (χ0n) is 12.2. The van der Waals surface area contributed by atoms with Crippen LogP contribution in [0, 0.1) is 11.8 Å². The molecular weight excluding hydrogens is 244 g/mol. The molecular formula is C14H26N2O3. The van der Waals surface area contributed by atoms with Crippen molar-refractivity contribution in [3.05, 3.63) is 0 Å². The van der Waals surface area contributed by atoms with E-state index in [0.29, 0.717) is 6.54 Å². The molecule has 0 aliphatic heterocycles. The number of carbonyl (C=O) groups excluding carboxylic acids is 1. The fraction of sp³-hybridized carbons (Fsp3) is 0.857. The highest BCUT2D eigenvalue weighted by molar-refractivity contribution is 5.80. The highest BCUT2D eigenvalue weighted by Gasteiger charge is 2.38. The fourth-order valence-corrected chi connectivity index (χ4v) is 2.83. The van der Waals surface area contributed by atoms with Gasteiger partial charge in [-0.25, -0.2) is 0 Å². The number of nitrogens with two attached hydrogens (primary N) is 1. The highest BCUT2D eigenvalue weighted by Crippen LogP contribution is 2.34. The zero-order valence-corrected chi connectivity index (χ0v) is 12.2. The van der Waals surface area contributed by atoms with Gasteiger partial charge in [-0.05, 0) is 46.1 Å². The average Bonchev–Trinajstić information content (AvgIpc) is 2.74.